The molecule has 0 radical (unpaired) electrons. The maximum absolute atomic E-state index is 14.5. The molecule has 10 heteroatoms. The largest absolute Gasteiger partial charge is 0.351 e. The van der Waals surface area contributed by atoms with Gasteiger partial charge in [0.2, 0.25) is 10.0 Å². The van der Waals surface area contributed by atoms with Crippen LogP contribution in [0, 0.1) is 12.7 Å². The van der Waals surface area contributed by atoms with Gasteiger partial charge in [-0.05, 0) is 43.2 Å². The second-order valence-electron chi connectivity index (χ2n) is 8.00. The molecule has 1 saturated heterocycles. The molecule has 1 aromatic carbocycles. The summed E-state index contributed by atoms with van der Waals surface area (Å²) >= 11 is 0. The Hall–Kier alpha value is -2.56. The Kier molecular flexibility index (Phi) is 7.81. The van der Waals surface area contributed by atoms with E-state index in [-0.39, 0.29) is 12.3 Å². The quantitative estimate of drug-likeness (QED) is 0.648. The maximum atomic E-state index is 14.5. The average molecular weight is 464 g/mol. The standard InChI is InChI=1S/C22H30FN5O3S/c1-3-12-32(30,31)27-10-8-26(9-11-27)15-18-5-7-21(23)19(13-18)16-28(22(24)29)20-6-4-17(2)25-14-20/h4-7,13-14H,3,8-12,15-16H2,1-2H3,(H2,24,29). The number of hydrogen-bond donors (Lipinski definition) is 1. The Morgan fingerprint density at radius 1 is 1.19 bits per heavy atom. The fourth-order valence-electron chi connectivity index (χ4n) is 3.75. The molecule has 1 aromatic heterocycles. The monoisotopic (exact) mass is 463 g/mol. The number of hydrogen-bond acceptors (Lipinski definition) is 5. The van der Waals surface area contributed by atoms with Crippen LogP contribution in [0.3, 0.4) is 0 Å². The van der Waals surface area contributed by atoms with Crippen LogP contribution >= 0.6 is 0 Å². The van der Waals surface area contributed by atoms with Crippen LogP contribution in [-0.4, -0.2) is 60.6 Å². The number of anilines is 1. The second-order valence-corrected chi connectivity index (χ2v) is 10.1. The van der Waals surface area contributed by atoms with E-state index in [4.69, 9.17) is 5.73 Å². The fraction of sp³-hybridized carbons (Fsp3) is 0.455. The Bertz CT molecular complexity index is 1040. The third kappa shape index (κ3) is 6.02. The molecule has 0 bridgehead atoms. The van der Waals surface area contributed by atoms with Crippen molar-refractivity contribution >= 4 is 21.7 Å². The number of pyridine rings is 1. The van der Waals surface area contributed by atoms with E-state index in [0.29, 0.717) is 50.4 Å². The highest BCUT2D eigenvalue weighted by Gasteiger charge is 2.26. The summed E-state index contributed by atoms with van der Waals surface area (Å²) in [7, 11) is -3.19. The van der Waals surface area contributed by atoms with Gasteiger partial charge in [0.15, 0.2) is 0 Å². The first-order valence-electron chi connectivity index (χ1n) is 10.7. The number of rotatable bonds is 8. The van der Waals surface area contributed by atoms with E-state index in [2.05, 4.69) is 9.88 Å². The number of nitrogens with zero attached hydrogens (tertiary/aromatic N) is 4. The van der Waals surface area contributed by atoms with E-state index >= 15 is 0 Å². The molecule has 8 nitrogen and oxygen atoms in total. The highest BCUT2D eigenvalue weighted by atomic mass is 32.2. The number of primary amides is 1. The van der Waals surface area contributed by atoms with Gasteiger partial charge >= 0.3 is 6.03 Å². The topological polar surface area (TPSA) is 99.8 Å². The van der Waals surface area contributed by atoms with Crippen molar-refractivity contribution in [2.45, 2.75) is 33.4 Å². The minimum atomic E-state index is -3.19. The van der Waals surface area contributed by atoms with Crippen LogP contribution in [0.1, 0.15) is 30.2 Å². The number of benzene rings is 1. The zero-order valence-electron chi connectivity index (χ0n) is 18.5. The second kappa shape index (κ2) is 10.4. The van der Waals surface area contributed by atoms with E-state index in [1.807, 2.05) is 13.8 Å². The van der Waals surface area contributed by atoms with E-state index in [1.54, 1.807) is 28.6 Å². The molecule has 1 fully saturated rings. The van der Waals surface area contributed by atoms with Gasteiger partial charge in [0, 0.05) is 44.0 Å². The molecule has 0 unspecified atom stereocenters. The zero-order chi connectivity index (χ0) is 23.3. The lowest BCUT2D eigenvalue weighted by Crippen LogP contribution is -2.48. The summed E-state index contributed by atoms with van der Waals surface area (Å²) in [5.41, 5.74) is 8.07. The number of piperazine rings is 1. The van der Waals surface area contributed by atoms with Crippen molar-refractivity contribution < 1.29 is 17.6 Å². The van der Waals surface area contributed by atoms with E-state index in [9.17, 15) is 17.6 Å². The molecule has 2 heterocycles. The number of halogens is 1. The van der Waals surface area contributed by atoms with E-state index in [0.717, 1.165) is 11.3 Å². The first kappa shape index (κ1) is 24.1. The summed E-state index contributed by atoms with van der Waals surface area (Å²) in [4.78, 5) is 19.6. The molecule has 0 saturated carbocycles. The number of carbonyl (C=O) groups is 1. The van der Waals surface area contributed by atoms with Gasteiger partial charge in [-0.15, -0.1) is 0 Å². The van der Waals surface area contributed by atoms with Gasteiger partial charge in [-0.25, -0.2) is 17.6 Å². The van der Waals surface area contributed by atoms with E-state index in [1.165, 1.54) is 17.2 Å². The smallest absolute Gasteiger partial charge is 0.319 e. The molecular weight excluding hydrogens is 433 g/mol. The molecule has 0 atom stereocenters. The Morgan fingerprint density at radius 3 is 2.50 bits per heavy atom. The van der Waals surface area contributed by atoms with Gasteiger partial charge in [0.1, 0.15) is 5.82 Å². The van der Waals surface area contributed by atoms with Crippen LogP contribution in [0.2, 0.25) is 0 Å². The van der Waals surface area contributed by atoms with Crippen molar-refractivity contribution in [2.75, 3.05) is 36.8 Å². The molecule has 1 aliphatic rings. The zero-order valence-corrected chi connectivity index (χ0v) is 19.3. The summed E-state index contributed by atoms with van der Waals surface area (Å²) in [6.45, 7) is 6.37. The Balaban J connectivity index is 1.68. The van der Waals surface area contributed by atoms with Crippen LogP contribution in [0.15, 0.2) is 36.5 Å². The lowest BCUT2D eigenvalue weighted by Gasteiger charge is -2.34. The van der Waals surface area contributed by atoms with Crippen LogP contribution in [0.5, 0.6) is 0 Å². The molecule has 174 valence electrons. The van der Waals surface area contributed by atoms with Crippen molar-refractivity contribution in [3.05, 3.63) is 59.2 Å². The number of nitrogens with two attached hydrogens (primary N) is 1. The van der Waals surface area contributed by atoms with Gasteiger partial charge < -0.3 is 5.73 Å². The van der Waals surface area contributed by atoms with Gasteiger partial charge in [-0.1, -0.05) is 13.0 Å². The van der Waals surface area contributed by atoms with Crippen molar-refractivity contribution in [3.63, 3.8) is 0 Å². The summed E-state index contributed by atoms with van der Waals surface area (Å²) in [5, 5.41) is 0. The lowest BCUT2D eigenvalue weighted by atomic mass is 10.1. The summed E-state index contributed by atoms with van der Waals surface area (Å²) in [6, 6.07) is 7.62. The van der Waals surface area contributed by atoms with Crippen molar-refractivity contribution in [2.24, 2.45) is 5.73 Å². The molecule has 2 N–H and O–H groups in total. The van der Waals surface area contributed by atoms with Crippen molar-refractivity contribution in [1.82, 2.24) is 14.2 Å². The first-order valence-corrected chi connectivity index (χ1v) is 12.3. The normalized spacial score (nSPS) is 15.6. The average Bonchev–Trinajstić information content (AvgIpc) is 2.75. The van der Waals surface area contributed by atoms with Gasteiger partial charge in [-0.3, -0.25) is 14.8 Å². The highest BCUT2D eigenvalue weighted by molar-refractivity contribution is 7.89. The Labute approximate surface area is 188 Å². The van der Waals surface area contributed by atoms with Crippen LogP contribution < -0.4 is 10.6 Å². The lowest BCUT2D eigenvalue weighted by molar-refractivity contribution is 0.181. The SMILES string of the molecule is CCCS(=O)(=O)N1CCN(Cc2ccc(F)c(CN(C(N)=O)c3ccc(C)nc3)c2)CC1. The Morgan fingerprint density at radius 2 is 1.91 bits per heavy atom. The van der Waals surface area contributed by atoms with Crippen molar-refractivity contribution in [3.8, 4) is 0 Å². The predicted molar refractivity (Wildman–Crippen MR) is 122 cm³/mol. The molecule has 0 spiro atoms. The molecular formula is C22H30FN5O3S. The molecule has 1 aliphatic heterocycles. The highest BCUT2D eigenvalue weighted by Crippen LogP contribution is 2.20. The number of sulfonamides is 1. The third-order valence-electron chi connectivity index (χ3n) is 5.50. The van der Waals surface area contributed by atoms with Crippen molar-refractivity contribution in [1.29, 1.82) is 0 Å². The van der Waals surface area contributed by atoms with Gasteiger partial charge in [-0.2, -0.15) is 4.31 Å². The number of urea groups is 1. The molecule has 32 heavy (non-hydrogen) atoms. The number of aryl methyl sites for hydroxylation is 1. The minimum Gasteiger partial charge on any atom is -0.351 e. The molecule has 0 aliphatic carbocycles. The molecule has 3 rings (SSSR count). The molecule has 2 amide bonds. The first-order chi connectivity index (χ1) is 15.2. The number of amides is 2. The summed E-state index contributed by atoms with van der Waals surface area (Å²) in [6.07, 6.45) is 2.13. The summed E-state index contributed by atoms with van der Waals surface area (Å²) in [5.74, 6) is -0.253. The van der Waals surface area contributed by atoms with Gasteiger partial charge in [0.05, 0.1) is 24.2 Å². The number of carbonyl (C=O) groups excluding carboxylic acids is 1. The predicted octanol–water partition coefficient (Wildman–Crippen LogP) is 2.47. The van der Waals surface area contributed by atoms with Crippen LogP contribution in [0.25, 0.3) is 0 Å². The van der Waals surface area contributed by atoms with Crippen LogP contribution in [-0.2, 0) is 23.1 Å². The fourth-order valence-corrected chi connectivity index (χ4v) is 5.24. The van der Waals surface area contributed by atoms with E-state index < -0.39 is 21.9 Å². The minimum absolute atomic E-state index is 0.0111. The third-order valence-corrected chi connectivity index (χ3v) is 7.58. The summed E-state index contributed by atoms with van der Waals surface area (Å²) < 4.78 is 40.6. The molecule has 2 aromatic rings. The number of aromatic nitrogens is 1. The van der Waals surface area contributed by atoms with Crippen LogP contribution in [0.4, 0.5) is 14.9 Å². The van der Waals surface area contributed by atoms with Gasteiger partial charge in [0.25, 0.3) is 0 Å². The maximum Gasteiger partial charge on any atom is 0.319 e.